The van der Waals surface area contributed by atoms with Gasteiger partial charge in [-0.1, -0.05) is 0 Å². The number of nitrogens with zero attached hydrogens (tertiary/aromatic N) is 1. The van der Waals surface area contributed by atoms with Gasteiger partial charge < -0.3 is 15.1 Å². The molecule has 1 saturated heterocycles. The second kappa shape index (κ2) is 6.45. The lowest BCUT2D eigenvalue weighted by Crippen LogP contribution is -2.41. The molecule has 4 amide bonds. The van der Waals surface area contributed by atoms with Gasteiger partial charge in [-0.15, -0.1) is 0 Å². The van der Waals surface area contributed by atoms with Crippen LogP contribution in [0.5, 0.6) is 0 Å². The van der Waals surface area contributed by atoms with Gasteiger partial charge in [-0.2, -0.15) is 13.2 Å². The maximum Gasteiger partial charge on any atom is 0.416 e. The van der Waals surface area contributed by atoms with Crippen LogP contribution in [0.3, 0.4) is 0 Å². The molecule has 2 N–H and O–H groups in total. The number of alkyl halides is 3. The molecule has 1 aromatic carbocycles. The molecule has 1 aliphatic rings. The fourth-order valence-corrected chi connectivity index (χ4v) is 2.66. The van der Waals surface area contributed by atoms with Gasteiger partial charge in [-0.05, 0) is 43.3 Å². The summed E-state index contributed by atoms with van der Waals surface area (Å²) in [5.74, 6) is -1.20. The molecule has 7 nitrogen and oxygen atoms in total. The third-order valence-electron chi connectivity index (χ3n) is 4.09. The Hall–Kier alpha value is -3.30. The van der Waals surface area contributed by atoms with E-state index in [2.05, 4.69) is 10.6 Å². The van der Waals surface area contributed by atoms with Crippen LogP contribution in [0.15, 0.2) is 47.1 Å². The monoisotopic (exact) mass is 381 g/mol. The van der Waals surface area contributed by atoms with Gasteiger partial charge in [0.25, 0.3) is 5.91 Å². The average Bonchev–Trinajstić information content (AvgIpc) is 3.19. The van der Waals surface area contributed by atoms with E-state index in [9.17, 15) is 27.6 Å². The van der Waals surface area contributed by atoms with Crippen molar-refractivity contribution >= 4 is 23.5 Å². The van der Waals surface area contributed by atoms with Gasteiger partial charge in [0.1, 0.15) is 12.3 Å². The predicted molar refractivity (Wildman–Crippen MR) is 86.4 cm³/mol. The minimum absolute atomic E-state index is 0.105. The molecule has 0 aliphatic carbocycles. The van der Waals surface area contributed by atoms with Crippen LogP contribution in [0.2, 0.25) is 0 Å². The lowest BCUT2D eigenvalue weighted by atomic mass is 9.99. The summed E-state index contributed by atoms with van der Waals surface area (Å²) in [7, 11) is 0. The highest BCUT2D eigenvalue weighted by molar-refractivity contribution is 6.10. The zero-order valence-electron chi connectivity index (χ0n) is 14.0. The molecule has 10 heteroatoms. The Morgan fingerprint density at radius 2 is 1.89 bits per heavy atom. The van der Waals surface area contributed by atoms with Crippen LogP contribution in [0, 0.1) is 0 Å². The fraction of sp³-hybridized carbons (Fsp3) is 0.235. The summed E-state index contributed by atoms with van der Waals surface area (Å²) >= 11 is 0. The molecule has 0 saturated carbocycles. The number of carbonyl (C=O) groups is 3. The number of halogens is 3. The first-order chi connectivity index (χ1) is 12.6. The summed E-state index contributed by atoms with van der Waals surface area (Å²) in [6.07, 6.45) is -3.14. The number of hydrogen-bond donors (Lipinski definition) is 2. The smallest absolute Gasteiger partial charge is 0.416 e. The van der Waals surface area contributed by atoms with Crippen LogP contribution < -0.4 is 10.6 Å². The van der Waals surface area contributed by atoms with E-state index in [4.69, 9.17) is 4.42 Å². The molecule has 1 atom stereocenters. The standard InChI is InChI=1S/C17H14F3N3O4/c1-16(12-3-2-8-27-12)14(25)23(15(26)22-16)9-13(24)21-11-6-4-10(5-7-11)17(18,19)20/h2-8H,9H2,1H3,(H,21,24)(H,22,26). The van der Waals surface area contributed by atoms with E-state index >= 15 is 0 Å². The molecule has 0 radical (unpaired) electrons. The number of hydrogen-bond acceptors (Lipinski definition) is 4. The van der Waals surface area contributed by atoms with Crippen molar-refractivity contribution in [2.24, 2.45) is 0 Å². The predicted octanol–water partition coefficient (Wildman–Crippen LogP) is 2.70. The Bertz CT molecular complexity index is 878. The molecule has 1 aromatic heterocycles. The maximum absolute atomic E-state index is 12.6. The number of benzene rings is 1. The highest BCUT2D eigenvalue weighted by Gasteiger charge is 2.51. The zero-order valence-corrected chi connectivity index (χ0v) is 14.0. The number of amides is 4. The summed E-state index contributed by atoms with van der Waals surface area (Å²) in [6.45, 7) is 0.849. The molecular weight excluding hydrogens is 367 g/mol. The van der Waals surface area contributed by atoms with Crippen molar-refractivity contribution in [1.29, 1.82) is 0 Å². The van der Waals surface area contributed by atoms with Crippen molar-refractivity contribution in [1.82, 2.24) is 10.2 Å². The minimum Gasteiger partial charge on any atom is -0.466 e. The number of nitrogens with one attached hydrogen (secondary N) is 2. The van der Waals surface area contributed by atoms with Crippen molar-refractivity contribution in [3.8, 4) is 0 Å². The lowest BCUT2D eigenvalue weighted by molar-refractivity contribution is -0.137. The third kappa shape index (κ3) is 3.50. The SMILES string of the molecule is CC1(c2ccco2)NC(=O)N(CC(=O)Nc2ccc(C(F)(F)F)cc2)C1=O. The van der Waals surface area contributed by atoms with E-state index in [0.717, 1.165) is 24.3 Å². The third-order valence-corrected chi connectivity index (χ3v) is 4.09. The highest BCUT2D eigenvalue weighted by atomic mass is 19.4. The number of rotatable bonds is 4. The molecule has 1 aliphatic heterocycles. The summed E-state index contributed by atoms with van der Waals surface area (Å²) in [4.78, 5) is 37.5. The van der Waals surface area contributed by atoms with E-state index in [1.807, 2.05) is 0 Å². The van der Waals surface area contributed by atoms with Crippen LogP contribution in [-0.4, -0.2) is 29.3 Å². The van der Waals surface area contributed by atoms with Crippen LogP contribution in [0.1, 0.15) is 18.2 Å². The molecule has 27 heavy (non-hydrogen) atoms. The Kier molecular flexibility index (Phi) is 4.42. The summed E-state index contributed by atoms with van der Waals surface area (Å²) in [5, 5.41) is 4.81. The Balaban J connectivity index is 1.67. The second-order valence-corrected chi connectivity index (χ2v) is 6.05. The van der Waals surface area contributed by atoms with Crippen molar-refractivity contribution in [2.45, 2.75) is 18.6 Å². The van der Waals surface area contributed by atoms with E-state index in [-0.39, 0.29) is 11.4 Å². The van der Waals surface area contributed by atoms with E-state index in [1.54, 1.807) is 6.07 Å². The quantitative estimate of drug-likeness (QED) is 0.797. The van der Waals surface area contributed by atoms with Gasteiger partial charge in [0.15, 0.2) is 5.54 Å². The van der Waals surface area contributed by atoms with Crippen LogP contribution in [-0.2, 0) is 21.3 Å². The van der Waals surface area contributed by atoms with Gasteiger partial charge >= 0.3 is 12.2 Å². The number of urea groups is 1. The number of furan rings is 1. The molecule has 1 fully saturated rings. The largest absolute Gasteiger partial charge is 0.466 e. The second-order valence-electron chi connectivity index (χ2n) is 6.05. The average molecular weight is 381 g/mol. The van der Waals surface area contributed by atoms with Gasteiger partial charge in [-0.3, -0.25) is 14.5 Å². The molecule has 0 spiro atoms. The number of anilines is 1. The van der Waals surface area contributed by atoms with Gasteiger partial charge in [0.05, 0.1) is 11.8 Å². The summed E-state index contributed by atoms with van der Waals surface area (Å²) < 4.78 is 42.8. The van der Waals surface area contributed by atoms with Crippen molar-refractivity contribution in [3.63, 3.8) is 0 Å². The van der Waals surface area contributed by atoms with Crippen molar-refractivity contribution < 1.29 is 32.0 Å². The summed E-state index contributed by atoms with van der Waals surface area (Å²) in [6, 6.07) is 6.10. The molecule has 142 valence electrons. The molecule has 1 unspecified atom stereocenters. The first-order valence-corrected chi connectivity index (χ1v) is 7.76. The van der Waals surface area contributed by atoms with Gasteiger partial charge in [0.2, 0.25) is 5.91 Å². The van der Waals surface area contributed by atoms with E-state index in [0.29, 0.717) is 4.90 Å². The van der Waals surface area contributed by atoms with Crippen LogP contribution in [0.25, 0.3) is 0 Å². The van der Waals surface area contributed by atoms with Crippen molar-refractivity contribution in [3.05, 3.63) is 54.0 Å². The fourth-order valence-electron chi connectivity index (χ4n) is 2.66. The number of imide groups is 1. The summed E-state index contributed by atoms with van der Waals surface area (Å²) in [5.41, 5.74) is -2.19. The Morgan fingerprint density at radius 3 is 2.44 bits per heavy atom. The lowest BCUT2D eigenvalue weighted by Gasteiger charge is -2.18. The van der Waals surface area contributed by atoms with E-state index < -0.39 is 41.7 Å². The first-order valence-electron chi connectivity index (χ1n) is 7.76. The Morgan fingerprint density at radius 1 is 1.22 bits per heavy atom. The zero-order chi connectivity index (χ0) is 19.8. The molecule has 2 heterocycles. The number of carbonyl (C=O) groups excluding carboxylic acids is 3. The highest BCUT2D eigenvalue weighted by Crippen LogP contribution is 2.30. The van der Waals surface area contributed by atoms with Gasteiger partial charge in [0, 0.05) is 5.69 Å². The molecule has 0 bridgehead atoms. The maximum atomic E-state index is 12.6. The molecular formula is C17H14F3N3O4. The molecule has 2 aromatic rings. The normalized spacial score (nSPS) is 19.9. The minimum atomic E-state index is -4.49. The topological polar surface area (TPSA) is 91.7 Å². The van der Waals surface area contributed by atoms with Gasteiger partial charge in [-0.25, -0.2) is 4.79 Å². The Labute approximate surface area is 151 Å². The molecule has 3 rings (SSSR count). The first kappa shape index (κ1) is 18.5. The van der Waals surface area contributed by atoms with Crippen LogP contribution in [0.4, 0.5) is 23.7 Å². The van der Waals surface area contributed by atoms with Crippen molar-refractivity contribution in [2.75, 3.05) is 11.9 Å². The van der Waals surface area contributed by atoms with Crippen LogP contribution >= 0.6 is 0 Å². The van der Waals surface area contributed by atoms with E-state index in [1.165, 1.54) is 19.3 Å².